The van der Waals surface area contributed by atoms with Crippen LogP contribution >= 0.6 is 0 Å². The average Bonchev–Trinajstić information content (AvgIpc) is 3.20. The number of para-hydroxylation sites is 1. The zero-order chi connectivity index (χ0) is 15.4. The molecule has 2 heterocycles. The summed E-state index contributed by atoms with van der Waals surface area (Å²) in [6.45, 7) is 3.04. The number of benzene rings is 1. The van der Waals surface area contributed by atoms with Crippen molar-refractivity contribution < 1.29 is 4.79 Å². The Morgan fingerprint density at radius 1 is 1.27 bits per heavy atom. The smallest absolute Gasteiger partial charge is 0.245 e. The summed E-state index contributed by atoms with van der Waals surface area (Å²) in [7, 11) is 1.86. The molecule has 1 unspecified atom stereocenters. The lowest BCUT2D eigenvalue weighted by molar-refractivity contribution is -0.131. The van der Waals surface area contributed by atoms with Crippen LogP contribution in [-0.4, -0.2) is 52.5 Å². The number of likely N-dealkylation sites (N-methyl/N-ethyl adjacent to an activating group) is 1. The van der Waals surface area contributed by atoms with Gasteiger partial charge in [0.05, 0.1) is 12.4 Å². The Labute approximate surface area is 130 Å². The summed E-state index contributed by atoms with van der Waals surface area (Å²) in [4.78, 5) is 17.8. The van der Waals surface area contributed by atoms with Gasteiger partial charge in [0.1, 0.15) is 6.54 Å². The van der Waals surface area contributed by atoms with Gasteiger partial charge in [-0.15, -0.1) is 0 Å². The van der Waals surface area contributed by atoms with Crippen LogP contribution in [0.25, 0.3) is 0 Å². The normalized spacial score (nSPS) is 17.7. The molecule has 6 heteroatoms. The molecular formula is C16H21N5O. The molecule has 0 aliphatic carbocycles. The molecule has 3 rings (SSSR count). The number of anilines is 1. The Hall–Kier alpha value is -2.37. The predicted molar refractivity (Wildman–Crippen MR) is 84.4 cm³/mol. The van der Waals surface area contributed by atoms with Crippen LogP contribution in [0.1, 0.15) is 6.42 Å². The lowest BCUT2D eigenvalue weighted by Gasteiger charge is -2.22. The summed E-state index contributed by atoms with van der Waals surface area (Å²) in [6, 6.07) is 10.4. The van der Waals surface area contributed by atoms with Crippen molar-refractivity contribution in [2.45, 2.75) is 13.0 Å². The van der Waals surface area contributed by atoms with Gasteiger partial charge in [0, 0.05) is 32.4 Å². The number of nitrogens with zero attached hydrogens (tertiary/aromatic N) is 5. The lowest BCUT2D eigenvalue weighted by Crippen LogP contribution is -2.35. The van der Waals surface area contributed by atoms with Gasteiger partial charge in [-0.3, -0.25) is 4.79 Å². The molecule has 1 aliphatic rings. The summed E-state index contributed by atoms with van der Waals surface area (Å²) in [5, 5.41) is 7.94. The van der Waals surface area contributed by atoms with Gasteiger partial charge in [0.15, 0.2) is 0 Å². The van der Waals surface area contributed by atoms with Crippen LogP contribution in [0.2, 0.25) is 0 Å². The van der Waals surface area contributed by atoms with E-state index in [4.69, 9.17) is 0 Å². The van der Waals surface area contributed by atoms with Gasteiger partial charge in [-0.25, -0.2) is 0 Å². The number of rotatable bonds is 5. The molecule has 1 amide bonds. The Morgan fingerprint density at radius 3 is 2.73 bits per heavy atom. The Balaban J connectivity index is 1.50. The molecule has 116 valence electrons. The predicted octanol–water partition coefficient (Wildman–Crippen LogP) is 1.26. The highest BCUT2D eigenvalue weighted by atomic mass is 16.2. The molecule has 1 aromatic carbocycles. The molecule has 0 spiro atoms. The summed E-state index contributed by atoms with van der Waals surface area (Å²) in [5.41, 5.74) is 1.26. The Bertz CT molecular complexity index is 598. The quantitative estimate of drug-likeness (QED) is 0.834. The first kappa shape index (κ1) is 14.6. The third-order valence-electron chi connectivity index (χ3n) is 4.11. The maximum absolute atomic E-state index is 12.2. The van der Waals surface area contributed by atoms with Crippen LogP contribution < -0.4 is 4.90 Å². The van der Waals surface area contributed by atoms with Gasteiger partial charge in [-0.1, -0.05) is 18.2 Å². The molecule has 6 nitrogen and oxygen atoms in total. The molecule has 0 bridgehead atoms. The standard InChI is InChI=1S/C16H21N5O/c1-19(16(22)13-21-17-8-9-18-21)11-14-7-10-20(12-14)15-5-3-2-4-6-15/h2-6,8-9,14H,7,10-13H2,1H3. The summed E-state index contributed by atoms with van der Waals surface area (Å²) >= 11 is 0. The third kappa shape index (κ3) is 3.44. The fourth-order valence-corrected chi connectivity index (χ4v) is 2.91. The largest absolute Gasteiger partial charge is 0.371 e. The van der Waals surface area contributed by atoms with E-state index in [1.165, 1.54) is 10.5 Å². The summed E-state index contributed by atoms with van der Waals surface area (Å²) < 4.78 is 0. The van der Waals surface area contributed by atoms with Crippen LogP contribution in [-0.2, 0) is 11.3 Å². The van der Waals surface area contributed by atoms with E-state index in [1.54, 1.807) is 17.3 Å². The van der Waals surface area contributed by atoms with Crippen LogP contribution in [0.3, 0.4) is 0 Å². The highest BCUT2D eigenvalue weighted by Gasteiger charge is 2.25. The molecule has 1 aromatic heterocycles. The van der Waals surface area contributed by atoms with E-state index in [0.29, 0.717) is 5.92 Å². The van der Waals surface area contributed by atoms with Crippen LogP contribution in [0, 0.1) is 5.92 Å². The van der Waals surface area contributed by atoms with Crippen molar-refractivity contribution in [3.05, 3.63) is 42.7 Å². The Kier molecular flexibility index (Phi) is 4.37. The van der Waals surface area contributed by atoms with Crippen molar-refractivity contribution in [3.63, 3.8) is 0 Å². The Morgan fingerprint density at radius 2 is 2.00 bits per heavy atom. The lowest BCUT2D eigenvalue weighted by atomic mass is 10.1. The SMILES string of the molecule is CN(CC1CCN(c2ccccc2)C1)C(=O)Cn1nccn1. The second-order valence-corrected chi connectivity index (χ2v) is 5.77. The zero-order valence-corrected chi connectivity index (χ0v) is 12.8. The zero-order valence-electron chi connectivity index (χ0n) is 12.8. The van der Waals surface area contributed by atoms with Crippen molar-refractivity contribution in [2.75, 3.05) is 31.6 Å². The van der Waals surface area contributed by atoms with Gasteiger partial charge in [0.2, 0.25) is 5.91 Å². The maximum atomic E-state index is 12.2. The molecule has 1 fully saturated rings. The van der Waals surface area contributed by atoms with Crippen molar-refractivity contribution in [2.24, 2.45) is 5.92 Å². The average molecular weight is 299 g/mol. The minimum absolute atomic E-state index is 0.0503. The van der Waals surface area contributed by atoms with Crippen LogP contribution in [0.4, 0.5) is 5.69 Å². The van der Waals surface area contributed by atoms with E-state index in [1.807, 2.05) is 13.1 Å². The van der Waals surface area contributed by atoms with Crippen LogP contribution in [0.15, 0.2) is 42.7 Å². The number of hydrogen-bond donors (Lipinski definition) is 0. The van der Waals surface area contributed by atoms with E-state index in [0.717, 1.165) is 26.1 Å². The van der Waals surface area contributed by atoms with E-state index in [2.05, 4.69) is 39.4 Å². The maximum Gasteiger partial charge on any atom is 0.245 e. The first-order valence-electron chi connectivity index (χ1n) is 7.60. The van der Waals surface area contributed by atoms with Crippen molar-refractivity contribution in [1.82, 2.24) is 19.9 Å². The number of carbonyl (C=O) groups excluding carboxylic acids is 1. The highest BCUT2D eigenvalue weighted by molar-refractivity contribution is 5.75. The second-order valence-electron chi connectivity index (χ2n) is 5.77. The first-order chi connectivity index (χ1) is 10.7. The number of carbonyl (C=O) groups is 1. The molecule has 2 aromatic rings. The summed E-state index contributed by atoms with van der Waals surface area (Å²) in [6.07, 6.45) is 4.29. The highest BCUT2D eigenvalue weighted by Crippen LogP contribution is 2.23. The van der Waals surface area contributed by atoms with Gasteiger partial charge >= 0.3 is 0 Å². The molecule has 1 atom stereocenters. The first-order valence-corrected chi connectivity index (χ1v) is 7.60. The molecular weight excluding hydrogens is 278 g/mol. The third-order valence-corrected chi connectivity index (χ3v) is 4.11. The van der Waals surface area contributed by atoms with Crippen molar-refractivity contribution >= 4 is 11.6 Å². The fourth-order valence-electron chi connectivity index (χ4n) is 2.91. The molecule has 0 radical (unpaired) electrons. The number of aromatic nitrogens is 3. The molecule has 1 saturated heterocycles. The van der Waals surface area contributed by atoms with Gasteiger partial charge in [0.25, 0.3) is 0 Å². The minimum atomic E-state index is 0.0503. The second kappa shape index (κ2) is 6.60. The van der Waals surface area contributed by atoms with E-state index in [9.17, 15) is 4.79 Å². The van der Waals surface area contributed by atoms with E-state index < -0.39 is 0 Å². The molecule has 0 N–H and O–H groups in total. The molecule has 0 saturated carbocycles. The minimum Gasteiger partial charge on any atom is -0.371 e. The summed E-state index contributed by atoms with van der Waals surface area (Å²) in [5.74, 6) is 0.564. The monoisotopic (exact) mass is 299 g/mol. The fraction of sp³-hybridized carbons (Fsp3) is 0.438. The van der Waals surface area contributed by atoms with Crippen molar-refractivity contribution in [1.29, 1.82) is 0 Å². The van der Waals surface area contributed by atoms with Gasteiger partial charge in [-0.2, -0.15) is 15.0 Å². The van der Waals surface area contributed by atoms with E-state index >= 15 is 0 Å². The van der Waals surface area contributed by atoms with Gasteiger partial charge < -0.3 is 9.80 Å². The number of amides is 1. The molecule has 1 aliphatic heterocycles. The van der Waals surface area contributed by atoms with E-state index in [-0.39, 0.29) is 12.5 Å². The molecule has 22 heavy (non-hydrogen) atoms. The van der Waals surface area contributed by atoms with Crippen LogP contribution in [0.5, 0.6) is 0 Å². The van der Waals surface area contributed by atoms with Crippen molar-refractivity contribution in [3.8, 4) is 0 Å². The number of hydrogen-bond acceptors (Lipinski definition) is 4. The van der Waals surface area contributed by atoms with Gasteiger partial charge in [-0.05, 0) is 24.5 Å². The topological polar surface area (TPSA) is 54.3 Å².